The third-order valence-electron chi connectivity index (χ3n) is 2.42. The lowest BCUT2D eigenvalue weighted by molar-refractivity contribution is -0.142. The van der Waals surface area contributed by atoms with E-state index in [-0.39, 0.29) is 6.04 Å². The second-order valence-electron chi connectivity index (χ2n) is 4.36. The molecule has 0 spiro atoms. The average molecular weight is 271 g/mol. The van der Waals surface area contributed by atoms with Crippen LogP contribution < -0.4 is 10.6 Å². The highest BCUT2D eigenvalue weighted by molar-refractivity contribution is 7.09. The number of carbonyl (C=O) groups is 2. The van der Waals surface area contributed by atoms with E-state index in [1.807, 2.05) is 12.3 Å². The molecule has 0 bridgehead atoms. The minimum absolute atomic E-state index is 0.199. The summed E-state index contributed by atoms with van der Waals surface area (Å²) in [6.07, 6.45) is 2.36. The molecule has 0 aliphatic carbocycles. The Morgan fingerprint density at radius 1 is 1.56 bits per heavy atom. The van der Waals surface area contributed by atoms with E-state index in [4.69, 9.17) is 5.11 Å². The van der Waals surface area contributed by atoms with Gasteiger partial charge in [-0.3, -0.25) is 0 Å². The molecule has 3 N–H and O–H groups in total. The maximum atomic E-state index is 11.7. The minimum Gasteiger partial charge on any atom is -0.480 e. The van der Waals surface area contributed by atoms with Gasteiger partial charge in [0.2, 0.25) is 0 Å². The number of rotatable bonds is 5. The van der Waals surface area contributed by atoms with Crippen LogP contribution in [-0.2, 0) is 4.79 Å². The molecule has 0 saturated carbocycles. The van der Waals surface area contributed by atoms with E-state index in [2.05, 4.69) is 15.6 Å². The number of urea groups is 1. The molecular formula is C11H17N3O3S. The van der Waals surface area contributed by atoms with E-state index in [0.717, 1.165) is 5.01 Å². The van der Waals surface area contributed by atoms with Crippen LogP contribution in [-0.4, -0.2) is 27.6 Å². The first-order chi connectivity index (χ1) is 8.36. The average Bonchev–Trinajstić information content (AvgIpc) is 2.78. The van der Waals surface area contributed by atoms with Gasteiger partial charge >= 0.3 is 12.0 Å². The number of carboxylic acids is 1. The predicted molar refractivity (Wildman–Crippen MR) is 68.5 cm³/mol. The van der Waals surface area contributed by atoms with Crippen molar-refractivity contribution in [1.29, 1.82) is 0 Å². The molecule has 18 heavy (non-hydrogen) atoms. The molecule has 0 fully saturated rings. The van der Waals surface area contributed by atoms with Crippen molar-refractivity contribution in [2.75, 3.05) is 0 Å². The van der Waals surface area contributed by atoms with Crippen LogP contribution in [0.1, 0.15) is 38.2 Å². The molecule has 0 radical (unpaired) electrons. The molecule has 1 heterocycles. The molecule has 1 aromatic rings. The Bertz CT molecular complexity index is 417. The van der Waals surface area contributed by atoms with E-state index >= 15 is 0 Å². The van der Waals surface area contributed by atoms with Gasteiger partial charge in [-0.15, -0.1) is 11.3 Å². The number of nitrogens with one attached hydrogen (secondary N) is 2. The van der Waals surface area contributed by atoms with Crippen molar-refractivity contribution in [3.63, 3.8) is 0 Å². The van der Waals surface area contributed by atoms with Crippen LogP contribution in [0.4, 0.5) is 4.79 Å². The summed E-state index contributed by atoms with van der Waals surface area (Å²) in [5, 5.41) is 16.7. The van der Waals surface area contributed by atoms with Crippen molar-refractivity contribution >= 4 is 23.3 Å². The number of amides is 2. The van der Waals surface area contributed by atoms with Gasteiger partial charge in [0.1, 0.15) is 10.5 Å². The number of aliphatic carboxylic acids is 1. The van der Waals surface area contributed by atoms with Gasteiger partial charge < -0.3 is 15.7 Å². The molecule has 1 unspecified atom stereocenters. The normalized spacial score (nSPS) is 12.8. The monoisotopic (exact) mass is 271 g/mol. The molecule has 1 aromatic heterocycles. The molecule has 0 aromatic carbocycles. The first-order valence-corrected chi connectivity index (χ1v) is 6.46. The Morgan fingerprint density at radius 2 is 2.22 bits per heavy atom. The van der Waals surface area contributed by atoms with Crippen LogP contribution >= 0.6 is 11.3 Å². The fraction of sp³-hybridized carbons (Fsp3) is 0.545. The highest BCUT2D eigenvalue weighted by atomic mass is 32.1. The van der Waals surface area contributed by atoms with Gasteiger partial charge in [-0.25, -0.2) is 14.6 Å². The Hall–Kier alpha value is -1.63. The Labute approximate surface area is 109 Å². The highest BCUT2D eigenvalue weighted by Crippen LogP contribution is 2.18. The van der Waals surface area contributed by atoms with Crippen molar-refractivity contribution < 1.29 is 14.7 Å². The van der Waals surface area contributed by atoms with Crippen molar-refractivity contribution in [3.8, 4) is 0 Å². The zero-order valence-electron chi connectivity index (χ0n) is 10.6. The fourth-order valence-corrected chi connectivity index (χ4v) is 2.05. The van der Waals surface area contributed by atoms with Crippen LogP contribution in [0.2, 0.25) is 0 Å². The number of thiazole rings is 1. The van der Waals surface area contributed by atoms with Crippen molar-refractivity contribution in [2.45, 2.75) is 38.8 Å². The summed E-state index contributed by atoms with van der Waals surface area (Å²) in [5.41, 5.74) is -1.30. The Balaban J connectivity index is 2.61. The van der Waals surface area contributed by atoms with Gasteiger partial charge in [0.25, 0.3) is 0 Å². The standard InChI is InChI=1S/C11H17N3O3S/c1-4-7(8-12-5-6-18-8)13-10(17)14-11(2,3)9(15)16/h5-7H,4H2,1-3H3,(H,15,16)(H2,13,14,17). The summed E-state index contributed by atoms with van der Waals surface area (Å²) in [7, 11) is 0. The second kappa shape index (κ2) is 5.81. The van der Waals surface area contributed by atoms with Gasteiger partial charge in [0.15, 0.2) is 0 Å². The van der Waals surface area contributed by atoms with Crippen LogP contribution in [0.5, 0.6) is 0 Å². The second-order valence-corrected chi connectivity index (χ2v) is 5.29. The Kier molecular flexibility index (Phi) is 4.66. The lowest BCUT2D eigenvalue weighted by atomic mass is 10.1. The molecule has 1 rings (SSSR count). The first kappa shape index (κ1) is 14.4. The largest absolute Gasteiger partial charge is 0.480 e. The molecule has 0 saturated heterocycles. The fourth-order valence-electron chi connectivity index (χ4n) is 1.28. The van der Waals surface area contributed by atoms with E-state index in [0.29, 0.717) is 6.42 Å². The lowest BCUT2D eigenvalue weighted by Gasteiger charge is -2.23. The first-order valence-electron chi connectivity index (χ1n) is 5.58. The number of hydrogen-bond donors (Lipinski definition) is 3. The summed E-state index contributed by atoms with van der Waals surface area (Å²) in [6, 6.07) is -0.709. The molecule has 6 nitrogen and oxygen atoms in total. The smallest absolute Gasteiger partial charge is 0.328 e. The molecule has 7 heteroatoms. The SMILES string of the molecule is CCC(NC(=O)NC(C)(C)C(=O)O)c1nccs1. The molecule has 0 aliphatic rings. The predicted octanol–water partition coefficient (Wildman–Crippen LogP) is 1.76. The minimum atomic E-state index is -1.30. The zero-order valence-corrected chi connectivity index (χ0v) is 11.4. The summed E-state index contributed by atoms with van der Waals surface area (Å²) >= 11 is 1.45. The van der Waals surface area contributed by atoms with Gasteiger partial charge in [0, 0.05) is 11.6 Å². The van der Waals surface area contributed by atoms with Crippen LogP contribution in [0, 0.1) is 0 Å². The van der Waals surface area contributed by atoms with E-state index in [9.17, 15) is 9.59 Å². The molecule has 0 aliphatic heterocycles. The van der Waals surface area contributed by atoms with E-state index < -0.39 is 17.5 Å². The van der Waals surface area contributed by atoms with Crippen molar-refractivity contribution in [3.05, 3.63) is 16.6 Å². The molecule has 2 amide bonds. The van der Waals surface area contributed by atoms with Crippen molar-refractivity contribution in [1.82, 2.24) is 15.6 Å². The summed E-state index contributed by atoms with van der Waals surface area (Å²) < 4.78 is 0. The third kappa shape index (κ3) is 3.69. The summed E-state index contributed by atoms with van der Waals surface area (Å²) in [4.78, 5) is 26.7. The number of carboxylic acid groups (broad SMARTS) is 1. The lowest BCUT2D eigenvalue weighted by Crippen LogP contribution is -2.53. The van der Waals surface area contributed by atoms with Gasteiger partial charge in [0.05, 0.1) is 6.04 Å². The topological polar surface area (TPSA) is 91.3 Å². The van der Waals surface area contributed by atoms with Gasteiger partial charge in [-0.2, -0.15) is 0 Å². The van der Waals surface area contributed by atoms with Crippen LogP contribution in [0.15, 0.2) is 11.6 Å². The molecule has 100 valence electrons. The Morgan fingerprint density at radius 3 is 2.67 bits per heavy atom. The van der Waals surface area contributed by atoms with Gasteiger partial charge in [-0.05, 0) is 20.3 Å². The zero-order chi connectivity index (χ0) is 13.8. The van der Waals surface area contributed by atoms with Gasteiger partial charge in [-0.1, -0.05) is 6.92 Å². The number of hydrogen-bond acceptors (Lipinski definition) is 4. The number of aromatic nitrogens is 1. The maximum absolute atomic E-state index is 11.7. The third-order valence-corrected chi connectivity index (χ3v) is 3.31. The maximum Gasteiger partial charge on any atom is 0.328 e. The number of carbonyl (C=O) groups excluding carboxylic acids is 1. The highest BCUT2D eigenvalue weighted by Gasteiger charge is 2.29. The summed E-state index contributed by atoms with van der Waals surface area (Å²) in [5.74, 6) is -1.08. The molecular weight excluding hydrogens is 254 g/mol. The van der Waals surface area contributed by atoms with E-state index in [1.54, 1.807) is 6.20 Å². The molecule has 1 atom stereocenters. The van der Waals surface area contributed by atoms with Crippen LogP contribution in [0.25, 0.3) is 0 Å². The van der Waals surface area contributed by atoms with Crippen molar-refractivity contribution in [2.24, 2.45) is 0 Å². The van der Waals surface area contributed by atoms with E-state index in [1.165, 1.54) is 25.2 Å². The quantitative estimate of drug-likeness (QED) is 0.761. The van der Waals surface area contributed by atoms with Crippen LogP contribution in [0.3, 0.4) is 0 Å². The number of nitrogens with zero attached hydrogens (tertiary/aromatic N) is 1. The summed E-state index contributed by atoms with van der Waals surface area (Å²) in [6.45, 7) is 4.78.